The zero-order valence-electron chi connectivity index (χ0n) is 14.4. The normalized spacial score (nSPS) is 22.1. The molecule has 1 saturated heterocycles. The minimum absolute atomic E-state index is 0.0396. The van der Waals surface area contributed by atoms with Gasteiger partial charge in [0, 0.05) is 22.7 Å². The first kappa shape index (κ1) is 17.5. The summed E-state index contributed by atoms with van der Waals surface area (Å²) in [5.41, 5.74) is 1.02. The fourth-order valence-corrected chi connectivity index (χ4v) is 3.93. The Morgan fingerprint density at radius 1 is 1.33 bits per heavy atom. The number of nitrogens with zero attached hydrogens (tertiary/aromatic N) is 1. The van der Waals surface area contributed by atoms with Crippen LogP contribution in [0, 0.1) is 12.3 Å². The molecular formula is C19H25BrN2O2. The summed E-state index contributed by atoms with van der Waals surface area (Å²) in [6.07, 6.45) is 5.58. The van der Waals surface area contributed by atoms with E-state index in [-0.39, 0.29) is 11.8 Å². The van der Waals surface area contributed by atoms with Crippen LogP contribution in [0.5, 0.6) is 0 Å². The van der Waals surface area contributed by atoms with Gasteiger partial charge in [0.2, 0.25) is 11.8 Å². The average molecular weight is 393 g/mol. The second-order valence-corrected chi connectivity index (χ2v) is 7.91. The van der Waals surface area contributed by atoms with E-state index in [9.17, 15) is 9.59 Å². The first-order chi connectivity index (χ1) is 11.5. The van der Waals surface area contributed by atoms with Crippen LogP contribution in [0.3, 0.4) is 0 Å². The predicted molar refractivity (Wildman–Crippen MR) is 98.8 cm³/mol. The Bertz CT molecular complexity index is 655. The zero-order chi connectivity index (χ0) is 17.3. The Balaban J connectivity index is 1.73. The summed E-state index contributed by atoms with van der Waals surface area (Å²) in [6, 6.07) is 6.03. The number of likely N-dealkylation sites (tertiary alicyclic amines) is 1. The predicted octanol–water partition coefficient (Wildman–Crippen LogP) is 4.27. The minimum atomic E-state index is -0.831. The highest BCUT2D eigenvalue weighted by Gasteiger charge is 2.58. The minimum Gasteiger partial charge on any atom is -0.339 e. The Morgan fingerprint density at radius 3 is 2.71 bits per heavy atom. The van der Waals surface area contributed by atoms with Gasteiger partial charge in [0.1, 0.15) is 5.41 Å². The fourth-order valence-electron chi connectivity index (χ4n) is 3.55. The summed E-state index contributed by atoms with van der Waals surface area (Å²) in [4.78, 5) is 27.8. The van der Waals surface area contributed by atoms with E-state index in [4.69, 9.17) is 0 Å². The molecule has 0 bridgehead atoms. The molecule has 1 aliphatic carbocycles. The third-order valence-electron chi connectivity index (χ3n) is 5.38. The van der Waals surface area contributed by atoms with Crippen LogP contribution in [0.1, 0.15) is 51.0 Å². The smallest absolute Gasteiger partial charge is 0.240 e. The molecule has 1 saturated carbocycles. The molecule has 1 aromatic carbocycles. The number of amides is 2. The first-order valence-corrected chi connectivity index (χ1v) is 9.66. The number of hydrogen-bond donors (Lipinski definition) is 1. The number of rotatable bonds is 4. The average Bonchev–Trinajstić information content (AvgIpc) is 3.39. The van der Waals surface area contributed by atoms with Gasteiger partial charge in [-0.3, -0.25) is 9.59 Å². The van der Waals surface area contributed by atoms with E-state index in [1.807, 2.05) is 30.0 Å². The molecule has 3 rings (SSSR count). The molecule has 2 fully saturated rings. The summed E-state index contributed by atoms with van der Waals surface area (Å²) in [6.45, 7) is 4.92. The van der Waals surface area contributed by atoms with Gasteiger partial charge in [0.25, 0.3) is 0 Å². The van der Waals surface area contributed by atoms with Gasteiger partial charge in [-0.15, -0.1) is 0 Å². The molecule has 2 aliphatic rings. The van der Waals surface area contributed by atoms with Gasteiger partial charge < -0.3 is 10.2 Å². The van der Waals surface area contributed by atoms with Crippen LogP contribution in [-0.4, -0.2) is 29.3 Å². The van der Waals surface area contributed by atoms with Crippen molar-refractivity contribution >= 4 is 33.4 Å². The topological polar surface area (TPSA) is 49.4 Å². The molecule has 5 heteroatoms. The van der Waals surface area contributed by atoms with E-state index in [1.165, 1.54) is 6.42 Å². The Kier molecular flexibility index (Phi) is 5.00. The third kappa shape index (κ3) is 3.23. The van der Waals surface area contributed by atoms with Crippen molar-refractivity contribution in [2.45, 2.75) is 58.4 Å². The zero-order valence-corrected chi connectivity index (χ0v) is 16.0. The molecule has 1 atom stereocenters. The van der Waals surface area contributed by atoms with Gasteiger partial charge in [-0.1, -0.05) is 28.9 Å². The molecule has 0 aromatic heterocycles. The van der Waals surface area contributed by atoms with Crippen LogP contribution in [0.2, 0.25) is 0 Å². The lowest BCUT2D eigenvalue weighted by molar-refractivity contribution is -0.145. The molecule has 1 N–H and O–H groups in total. The molecule has 0 spiro atoms. The standard InChI is InChI=1S/C19H25BrN2O2/c1-3-15-6-4-5-11-22(15)18(24)19(9-10-19)17(23)21-14-8-7-13(2)16(20)12-14/h7-8,12,15H,3-6,9-11H2,1-2H3,(H,21,23). The summed E-state index contributed by atoms with van der Waals surface area (Å²) in [7, 11) is 0. The van der Waals surface area contributed by atoms with Crippen molar-refractivity contribution < 1.29 is 9.59 Å². The Morgan fingerprint density at radius 2 is 2.08 bits per heavy atom. The van der Waals surface area contributed by atoms with Gasteiger partial charge in [-0.2, -0.15) is 0 Å². The maximum atomic E-state index is 13.1. The summed E-state index contributed by atoms with van der Waals surface area (Å²) in [5, 5.41) is 2.95. The molecule has 0 radical (unpaired) electrons. The maximum Gasteiger partial charge on any atom is 0.240 e. The number of aryl methyl sites for hydroxylation is 1. The number of carbonyl (C=O) groups is 2. The lowest BCUT2D eigenvalue weighted by Crippen LogP contribution is -2.49. The molecule has 24 heavy (non-hydrogen) atoms. The van der Waals surface area contributed by atoms with Crippen LogP contribution in [-0.2, 0) is 9.59 Å². The summed E-state index contributed by atoms with van der Waals surface area (Å²) in [5.74, 6) is -0.110. The van der Waals surface area contributed by atoms with E-state index in [0.717, 1.165) is 41.5 Å². The molecule has 130 valence electrons. The van der Waals surface area contributed by atoms with Crippen molar-refractivity contribution in [3.8, 4) is 0 Å². The van der Waals surface area contributed by atoms with Crippen molar-refractivity contribution in [2.75, 3.05) is 11.9 Å². The summed E-state index contributed by atoms with van der Waals surface area (Å²) < 4.78 is 0.957. The van der Waals surface area contributed by atoms with Crippen LogP contribution in [0.15, 0.2) is 22.7 Å². The molecular weight excluding hydrogens is 368 g/mol. The van der Waals surface area contributed by atoms with E-state index in [2.05, 4.69) is 28.2 Å². The number of piperidine rings is 1. The molecule has 1 aliphatic heterocycles. The van der Waals surface area contributed by atoms with Crippen LogP contribution in [0.4, 0.5) is 5.69 Å². The van der Waals surface area contributed by atoms with Gasteiger partial charge in [-0.05, 0) is 63.1 Å². The van der Waals surface area contributed by atoms with E-state index in [1.54, 1.807) is 0 Å². The van der Waals surface area contributed by atoms with Gasteiger partial charge in [0.15, 0.2) is 0 Å². The van der Waals surface area contributed by atoms with Crippen molar-refractivity contribution in [3.63, 3.8) is 0 Å². The van der Waals surface area contributed by atoms with Crippen LogP contribution >= 0.6 is 15.9 Å². The largest absolute Gasteiger partial charge is 0.339 e. The van der Waals surface area contributed by atoms with Crippen LogP contribution < -0.4 is 5.32 Å². The van der Waals surface area contributed by atoms with Crippen molar-refractivity contribution in [1.29, 1.82) is 0 Å². The number of hydrogen-bond acceptors (Lipinski definition) is 2. The van der Waals surface area contributed by atoms with Crippen LogP contribution in [0.25, 0.3) is 0 Å². The monoisotopic (exact) mass is 392 g/mol. The Hall–Kier alpha value is -1.36. The number of nitrogens with one attached hydrogen (secondary N) is 1. The Labute approximate surface area is 152 Å². The first-order valence-electron chi connectivity index (χ1n) is 8.86. The number of carbonyl (C=O) groups excluding carboxylic acids is 2. The third-order valence-corrected chi connectivity index (χ3v) is 6.24. The van der Waals surface area contributed by atoms with Crippen molar-refractivity contribution in [3.05, 3.63) is 28.2 Å². The van der Waals surface area contributed by atoms with E-state index >= 15 is 0 Å². The van der Waals surface area contributed by atoms with Gasteiger partial charge in [0.05, 0.1) is 0 Å². The SMILES string of the molecule is CCC1CCCCN1C(=O)C1(C(=O)Nc2ccc(C)c(Br)c2)CC1. The lowest BCUT2D eigenvalue weighted by Gasteiger charge is -2.37. The fraction of sp³-hybridized carbons (Fsp3) is 0.579. The van der Waals surface area contributed by atoms with Gasteiger partial charge in [-0.25, -0.2) is 0 Å². The molecule has 4 nitrogen and oxygen atoms in total. The highest BCUT2D eigenvalue weighted by atomic mass is 79.9. The second kappa shape index (κ2) is 6.87. The highest BCUT2D eigenvalue weighted by Crippen LogP contribution is 2.49. The molecule has 1 unspecified atom stereocenters. The molecule has 1 heterocycles. The maximum absolute atomic E-state index is 13.1. The number of halogens is 1. The second-order valence-electron chi connectivity index (χ2n) is 7.06. The van der Waals surface area contributed by atoms with Crippen molar-refractivity contribution in [1.82, 2.24) is 4.90 Å². The summed E-state index contributed by atoms with van der Waals surface area (Å²) >= 11 is 3.48. The molecule has 1 aromatic rings. The van der Waals surface area contributed by atoms with E-state index < -0.39 is 5.41 Å². The van der Waals surface area contributed by atoms with Gasteiger partial charge >= 0.3 is 0 Å². The molecule has 2 amide bonds. The highest BCUT2D eigenvalue weighted by molar-refractivity contribution is 9.10. The van der Waals surface area contributed by atoms with Crippen molar-refractivity contribution in [2.24, 2.45) is 5.41 Å². The number of benzene rings is 1. The quantitative estimate of drug-likeness (QED) is 0.777. The lowest BCUT2D eigenvalue weighted by atomic mass is 9.95. The van der Waals surface area contributed by atoms with E-state index in [0.29, 0.717) is 18.9 Å². The number of anilines is 1.